The molecule has 3 aliphatic carbocycles. The molecule has 3 aliphatic rings. The van der Waals surface area contributed by atoms with Gasteiger partial charge in [0.1, 0.15) is 0 Å². The molecule has 2 heteroatoms. The number of hydrogen-bond acceptors (Lipinski definition) is 2. The lowest BCUT2D eigenvalue weighted by atomic mass is 9.87. The molecule has 0 radical (unpaired) electrons. The van der Waals surface area contributed by atoms with Gasteiger partial charge in [0.25, 0.3) is 0 Å². The largest absolute Gasteiger partial charge is 0.329 e. The SMILES string of the molecule is NCC1(N(CC2CC2)CC2CC2)CCCCCC1. The van der Waals surface area contributed by atoms with Crippen molar-refractivity contribution in [1.82, 2.24) is 4.90 Å². The van der Waals surface area contributed by atoms with Crippen LogP contribution in [0.5, 0.6) is 0 Å². The molecule has 104 valence electrons. The maximum Gasteiger partial charge on any atom is 0.0331 e. The van der Waals surface area contributed by atoms with Crippen LogP contribution in [0.2, 0.25) is 0 Å². The van der Waals surface area contributed by atoms with Crippen LogP contribution in [0, 0.1) is 11.8 Å². The molecule has 0 amide bonds. The van der Waals surface area contributed by atoms with Crippen molar-refractivity contribution in [3.63, 3.8) is 0 Å². The summed E-state index contributed by atoms with van der Waals surface area (Å²) in [7, 11) is 0. The summed E-state index contributed by atoms with van der Waals surface area (Å²) in [6.45, 7) is 3.60. The first-order chi connectivity index (χ1) is 8.82. The zero-order valence-electron chi connectivity index (χ0n) is 11.9. The molecule has 18 heavy (non-hydrogen) atoms. The molecule has 0 bridgehead atoms. The Morgan fingerprint density at radius 3 is 1.72 bits per heavy atom. The quantitative estimate of drug-likeness (QED) is 0.734. The molecule has 3 rings (SSSR count). The van der Waals surface area contributed by atoms with Gasteiger partial charge in [-0.15, -0.1) is 0 Å². The molecule has 0 spiro atoms. The summed E-state index contributed by atoms with van der Waals surface area (Å²) in [5.74, 6) is 2.02. The number of hydrogen-bond donors (Lipinski definition) is 1. The lowest BCUT2D eigenvalue weighted by Crippen LogP contribution is -2.55. The first-order valence-corrected chi connectivity index (χ1v) is 8.27. The second-order valence-corrected chi connectivity index (χ2v) is 7.13. The second kappa shape index (κ2) is 5.50. The summed E-state index contributed by atoms with van der Waals surface area (Å²) in [5, 5.41) is 0. The highest BCUT2D eigenvalue weighted by molar-refractivity contribution is 4.97. The lowest BCUT2D eigenvalue weighted by Gasteiger charge is -2.44. The van der Waals surface area contributed by atoms with Crippen molar-refractivity contribution in [2.24, 2.45) is 17.6 Å². The van der Waals surface area contributed by atoms with Crippen LogP contribution >= 0.6 is 0 Å². The third kappa shape index (κ3) is 3.08. The summed E-state index contributed by atoms with van der Waals surface area (Å²) in [5.41, 5.74) is 6.64. The van der Waals surface area contributed by atoms with Crippen molar-refractivity contribution in [2.45, 2.75) is 69.7 Å². The Bertz CT molecular complexity index is 246. The van der Waals surface area contributed by atoms with Crippen LogP contribution in [0.15, 0.2) is 0 Å². The van der Waals surface area contributed by atoms with E-state index in [-0.39, 0.29) is 0 Å². The summed E-state index contributed by atoms with van der Waals surface area (Å²) >= 11 is 0. The molecule has 0 aromatic heterocycles. The van der Waals surface area contributed by atoms with E-state index in [1.807, 2.05) is 0 Å². The molecule has 0 saturated heterocycles. The van der Waals surface area contributed by atoms with Crippen LogP contribution in [0.25, 0.3) is 0 Å². The Hall–Kier alpha value is -0.0800. The predicted octanol–water partition coefficient (Wildman–Crippen LogP) is 3.16. The first kappa shape index (κ1) is 12.9. The Labute approximate surface area is 112 Å². The number of rotatable bonds is 6. The summed E-state index contributed by atoms with van der Waals surface area (Å²) in [6.07, 6.45) is 14.3. The number of nitrogens with zero attached hydrogens (tertiary/aromatic N) is 1. The third-order valence-electron chi connectivity index (χ3n) is 5.44. The van der Waals surface area contributed by atoms with Crippen molar-refractivity contribution >= 4 is 0 Å². The Balaban J connectivity index is 1.69. The highest BCUT2D eigenvalue weighted by Crippen LogP contribution is 2.40. The lowest BCUT2D eigenvalue weighted by molar-refractivity contribution is 0.0676. The van der Waals surface area contributed by atoms with Crippen LogP contribution in [-0.2, 0) is 0 Å². The van der Waals surface area contributed by atoms with Crippen LogP contribution < -0.4 is 5.73 Å². The van der Waals surface area contributed by atoms with Gasteiger partial charge < -0.3 is 5.73 Å². The minimum Gasteiger partial charge on any atom is -0.329 e. The average molecular weight is 250 g/mol. The second-order valence-electron chi connectivity index (χ2n) is 7.13. The topological polar surface area (TPSA) is 29.3 Å². The van der Waals surface area contributed by atoms with Gasteiger partial charge in [0.15, 0.2) is 0 Å². The maximum absolute atomic E-state index is 6.26. The fraction of sp³-hybridized carbons (Fsp3) is 1.00. The van der Waals surface area contributed by atoms with Gasteiger partial charge in [-0.2, -0.15) is 0 Å². The molecule has 0 aromatic carbocycles. The van der Waals surface area contributed by atoms with Gasteiger partial charge in [-0.1, -0.05) is 25.7 Å². The normalized spacial score (nSPS) is 28.3. The van der Waals surface area contributed by atoms with Crippen molar-refractivity contribution in [3.8, 4) is 0 Å². The molecule has 2 N–H and O–H groups in total. The van der Waals surface area contributed by atoms with E-state index in [9.17, 15) is 0 Å². The van der Waals surface area contributed by atoms with Crippen molar-refractivity contribution < 1.29 is 0 Å². The van der Waals surface area contributed by atoms with Crippen molar-refractivity contribution in [1.29, 1.82) is 0 Å². The van der Waals surface area contributed by atoms with Crippen LogP contribution in [0.4, 0.5) is 0 Å². The van der Waals surface area contributed by atoms with E-state index in [1.165, 1.54) is 77.3 Å². The zero-order valence-corrected chi connectivity index (χ0v) is 11.9. The Morgan fingerprint density at radius 1 is 0.833 bits per heavy atom. The molecule has 3 fully saturated rings. The molecular formula is C16H30N2. The van der Waals surface area contributed by atoms with E-state index in [4.69, 9.17) is 5.73 Å². The minimum absolute atomic E-state index is 0.377. The summed E-state index contributed by atoms with van der Waals surface area (Å²) in [6, 6.07) is 0. The fourth-order valence-corrected chi connectivity index (χ4v) is 3.72. The van der Waals surface area contributed by atoms with Crippen molar-refractivity contribution in [2.75, 3.05) is 19.6 Å². The van der Waals surface area contributed by atoms with Crippen LogP contribution in [0.3, 0.4) is 0 Å². The molecule has 0 aromatic rings. The smallest absolute Gasteiger partial charge is 0.0331 e. The number of nitrogens with two attached hydrogens (primary N) is 1. The van der Waals surface area contributed by atoms with Gasteiger partial charge in [0.05, 0.1) is 0 Å². The van der Waals surface area contributed by atoms with E-state index >= 15 is 0 Å². The van der Waals surface area contributed by atoms with Gasteiger partial charge in [0, 0.05) is 25.2 Å². The van der Waals surface area contributed by atoms with Gasteiger partial charge in [-0.05, 0) is 50.4 Å². The van der Waals surface area contributed by atoms with Gasteiger partial charge in [-0.3, -0.25) is 4.90 Å². The molecule has 2 nitrogen and oxygen atoms in total. The summed E-state index contributed by atoms with van der Waals surface area (Å²) in [4.78, 5) is 2.85. The first-order valence-electron chi connectivity index (χ1n) is 8.27. The molecule has 0 unspecified atom stereocenters. The molecular weight excluding hydrogens is 220 g/mol. The van der Waals surface area contributed by atoms with Crippen LogP contribution in [-0.4, -0.2) is 30.1 Å². The van der Waals surface area contributed by atoms with E-state index in [0.717, 1.165) is 18.4 Å². The van der Waals surface area contributed by atoms with Gasteiger partial charge in [0.2, 0.25) is 0 Å². The Kier molecular flexibility index (Phi) is 3.95. The average Bonchev–Trinajstić information content (AvgIpc) is 3.24. The van der Waals surface area contributed by atoms with E-state index in [2.05, 4.69) is 4.90 Å². The van der Waals surface area contributed by atoms with E-state index in [1.54, 1.807) is 0 Å². The van der Waals surface area contributed by atoms with Crippen LogP contribution in [0.1, 0.15) is 64.2 Å². The zero-order chi connectivity index (χ0) is 12.4. The predicted molar refractivity (Wildman–Crippen MR) is 76.5 cm³/mol. The van der Waals surface area contributed by atoms with E-state index < -0.39 is 0 Å². The maximum atomic E-state index is 6.26. The highest BCUT2D eigenvalue weighted by atomic mass is 15.2. The van der Waals surface area contributed by atoms with Gasteiger partial charge >= 0.3 is 0 Å². The third-order valence-corrected chi connectivity index (χ3v) is 5.44. The summed E-state index contributed by atoms with van der Waals surface area (Å²) < 4.78 is 0. The van der Waals surface area contributed by atoms with E-state index in [0.29, 0.717) is 5.54 Å². The molecule has 3 saturated carbocycles. The van der Waals surface area contributed by atoms with Gasteiger partial charge in [-0.25, -0.2) is 0 Å². The standard InChI is InChI=1S/C16H30N2/c17-13-16(9-3-1-2-4-10-16)18(11-14-5-6-14)12-15-7-8-15/h14-15H,1-13,17H2. The van der Waals surface area contributed by atoms with Crippen molar-refractivity contribution in [3.05, 3.63) is 0 Å². The molecule has 0 atom stereocenters. The fourth-order valence-electron chi connectivity index (χ4n) is 3.72. The monoisotopic (exact) mass is 250 g/mol. The Morgan fingerprint density at radius 2 is 1.33 bits per heavy atom. The molecule has 0 aliphatic heterocycles. The highest BCUT2D eigenvalue weighted by Gasteiger charge is 2.40. The minimum atomic E-state index is 0.377. The molecule has 0 heterocycles.